The number of nitrogens with one attached hydrogen (secondary N) is 1. The van der Waals surface area contributed by atoms with Gasteiger partial charge in [-0.25, -0.2) is 31.6 Å². The summed E-state index contributed by atoms with van der Waals surface area (Å²) in [5, 5.41) is 3.74. The van der Waals surface area contributed by atoms with Gasteiger partial charge in [-0.05, 0) is 45.7 Å². The van der Waals surface area contributed by atoms with E-state index in [1.54, 1.807) is 13.8 Å². The normalized spacial score (nSPS) is 19.6. The van der Waals surface area contributed by atoms with Crippen molar-refractivity contribution >= 4 is 26.7 Å². The van der Waals surface area contributed by atoms with Crippen LogP contribution < -0.4 is 10.1 Å². The number of benzene rings is 1. The van der Waals surface area contributed by atoms with Crippen LogP contribution in [0.15, 0.2) is 24.3 Å². The number of likely N-dealkylation sites (N-methyl/N-ethyl adjacent to an activating group) is 1. The predicted molar refractivity (Wildman–Crippen MR) is 143 cm³/mol. The van der Waals surface area contributed by atoms with Crippen LogP contribution in [0.4, 0.5) is 19.0 Å². The second-order valence-corrected chi connectivity index (χ2v) is 13.0. The van der Waals surface area contributed by atoms with Gasteiger partial charge in [-0.1, -0.05) is 18.2 Å². The van der Waals surface area contributed by atoms with Gasteiger partial charge in [0.25, 0.3) is 5.92 Å². The van der Waals surface area contributed by atoms with Crippen molar-refractivity contribution < 1.29 is 26.3 Å². The van der Waals surface area contributed by atoms with E-state index in [2.05, 4.69) is 20.2 Å². The predicted octanol–water partition coefficient (Wildman–Crippen LogP) is 4.74. The average Bonchev–Trinajstić information content (AvgIpc) is 2.82. The monoisotopic (exact) mass is 563 g/mol. The van der Waals surface area contributed by atoms with Crippen molar-refractivity contribution in [3.8, 4) is 5.88 Å². The van der Waals surface area contributed by atoms with Crippen LogP contribution in [0.5, 0.6) is 5.88 Å². The van der Waals surface area contributed by atoms with E-state index < -0.39 is 33.2 Å². The molecular formula is C27H32F3N5O3S. The molecule has 4 heterocycles. The van der Waals surface area contributed by atoms with Crippen LogP contribution in [-0.4, -0.2) is 66.0 Å². The molecular weight excluding hydrogens is 531 g/mol. The first-order valence-electron chi connectivity index (χ1n) is 13.0. The lowest BCUT2D eigenvalue weighted by Crippen LogP contribution is -2.51. The van der Waals surface area contributed by atoms with Crippen molar-refractivity contribution in [3.63, 3.8) is 0 Å². The molecule has 2 saturated heterocycles. The highest BCUT2D eigenvalue weighted by molar-refractivity contribution is 7.91. The molecule has 0 spiro atoms. The fourth-order valence-electron chi connectivity index (χ4n) is 5.24. The third kappa shape index (κ3) is 5.81. The maximum Gasteiger partial charge on any atom is 0.273 e. The summed E-state index contributed by atoms with van der Waals surface area (Å²) in [6, 6.07) is 5.13. The number of alkyl halides is 2. The lowest BCUT2D eigenvalue weighted by molar-refractivity contribution is 0.0135. The van der Waals surface area contributed by atoms with Gasteiger partial charge >= 0.3 is 0 Å². The van der Waals surface area contributed by atoms with Crippen LogP contribution in [0, 0.1) is 12.7 Å². The largest absolute Gasteiger partial charge is 0.471 e. The number of aryl methyl sites for hydroxylation is 1. The Morgan fingerprint density at radius 3 is 2.49 bits per heavy atom. The fraction of sp³-hybridized carbons (Fsp3) is 0.519. The molecule has 0 saturated carbocycles. The van der Waals surface area contributed by atoms with Crippen molar-refractivity contribution in [2.75, 3.05) is 37.0 Å². The van der Waals surface area contributed by atoms with E-state index in [4.69, 9.17) is 9.72 Å². The number of pyridine rings is 1. The Hall–Kier alpha value is -2.99. The molecule has 0 aliphatic carbocycles. The summed E-state index contributed by atoms with van der Waals surface area (Å²) in [5.41, 5.74) is 0.575. The first kappa shape index (κ1) is 27.6. The molecule has 2 fully saturated rings. The highest BCUT2D eigenvalue weighted by Crippen LogP contribution is 2.39. The molecule has 12 heteroatoms. The van der Waals surface area contributed by atoms with Gasteiger partial charge < -0.3 is 10.1 Å². The Kier molecular flexibility index (Phi) is 7.21. The lowest BCUT2D eigenvalue weighted by Gasteiger charge is -2.36. The van der Waals surface area contributed by atoms with Crippen LogP contribution in [0.3, 0.4) is 0 Å². The van der Waals surface area contributed by atoms with Crippen molar-refractivity contribution in [2.24, 2.45) is 0 Å². The number of aromatic nitrogens is 3. The summed E-state index contributed by atoms with van der Waals surface area (Å²) < 4.78 is 73.4. The third-order valence-corrected chi connectivity index (χ3v) is 9.13. The zero-order chi connectivity index (χ0) is 28.1. The summed E-state index contributed by atoms with van der Waals surface area (Å²) in [4.78, 5) is 15.9. The maximum atomic E-state index is 15.1. The van der Waals surface area contributed by atoms with Crippen LogP contribution in [0.1, 0.15) is 61.2 Å². The average molecular weight is 564 g/mol. The van der Waals surface area contributed by atoms with Crippen molar-refractivity contribution in [3.05, 3.63) is 52.6 Å². The molecule has 39 heavy (non-hydrogen) atoms. The molecule has 5 rings (SSSR count). The Morgan fingerprint density at radius 2 is 1.85 bits per heavy atom. The summed E-state index contributed by atoms with van der Waals surface area (Å²) in [6.07, 6.45) is 0.871. The molecule has 210 valence electrons. The number of likely N-dealkylation sites (tertiary alicyclic amines) is 1. The number of rotatable bonds is 7. The number of nitrogens with zero attached hydrogens (tertiary/aromatic N) is 4. The van der Waals surface area contributed by atoms with E-state index >= 15 is 4.39 Å². The molecule has 0 unspecified atom stereocenters. The van der Waals surface area contributed by atoms with Gasteiger partial charge in [-0.3, -0.25) is 4.90 Å². The minimum absolute atomic E-state index is 0.0291. The number of hydrogen-bond donors (Lipinski definition) is 1. The summed E-state index contributed by atoms with van der Waals surface area (Å²) >= 11 is 0. The minimum atomic E-state index is -3.32. The molecule has 2 aliphatic rings. The Labute approximate surface area is 225 Å². The molecule has 1 atom stereocenters. The molecule has 1 aromatic carbocycles. The number of ether oxygens (including phenoxy) is 1. The lowest BCUT2D eigenvalue weighted by atomic mass is 9.93. The van der Waals surface area contributed by atoms with Gasteiger partial charge in [0.2, 0.25) is 5.88 Å². The molecule has 0 amide bonds. The van der Waals surface area contributed by atoms with Crippen LogP contribution in [0.25, 0.3) is 11.0 Å². The zero-order valence-electron chi connectivity index (χ0n) is 22.3. The summed E-state index contributed by atoms with van der Waals surface area (Å²) in [5.74, 6) is -2.96. The van der Waals surface area contributed by atoms with Crippen LogP contribution in [-0.2, 0) is 15.8 Å². The fourth-order valence-corrected chi connectivity index (χ4v) is 6.73. The Bertz CT molecular complexity index is 1490. The van der Waals surface area contributed by atoms with E-state index in [1.165, 1.54) is 12.1 Å². The van der Waals surface area contributed by atoms with Gasteiger partial charge in [0.15, 0.2) is 5.65 Å². The molecule has 0 bridgehead atoms. The van der Waals surface area contributed by atoms with Crippen molar-refractivity contribution in [1.82, 2.24) is 19.9 Å². The zero-order valence-corrected chi connectivity index (χ0v) is 23.2. The van der Waals surface area contributed by atoms with Crippen LogP contribution >= 0.6 is 0 Å². The van der Waals surface area contributed by atoms with E-state index in [1.807, 2.05) is 13.1 Å². The quantitative estimate of drug-likeness (QED) is 0.440. The highest BCUT2D eigenvalue weighted by Gasteiger charge is 2.33. The number of halogens is 3. The van der Waals surface area contributed by atoms with E-state index in [0.717, 1.165) is 24.7 Å². The number of fused-ring (bicyclic) bond motifs is 1. The topological polar surface area (TPSA) is 97.3 Å². The van der Waals surface area contributed by atoms with Gasteiger partial charge in [0.1, 0.15) is 33.4 Å². The first-order chi connectivity index (χ1) is 18.3. The van der Waals surface area contributed by atoms with E-state index in [-0.39, 0.29) is 29.1 Å². The Morgan fingerprint density at radius 1 is 1.15 bits per heavy atom. The first-order valence-corrected chi connectivity index (χ1v) is 14.8. The molecule has 8 nitrogen and oxygen atoms in total. The van der Waals surface area contributed by atoms with Crippen molar-refractivity contribution in [1.29, 1.82) is 0 Å². The number of hydrogen-bond acceptors (Lipinski definition) is 8. The Balaban J connectivity index is 1.54. The smallest absolute Gasteiger partial charge is 0.273 e. The molecule has 3 aromatic rings. The minimum Gasteiger partial charge on any atom is -0.471 e. The van der Waals surface area contributed by atoms with E-state index in [9.17, 15) is 17.2 Å². The second kappa shape index (κ2) is 10.2. The van der Waals surface area contributed by atoms with E-state index in [0.29, 0.717) is 48.3 Å². The SMILES string of the molecule is Cc1nc(N[C@H](C)c2cccc(C(C)(F)F)c2F)c2cc(C3CCS(=O)(=O)CC3)c(OC3CN(C)C3)nc2n1. The second-order valence-electron chi connectivity index (χ2n) is 10.7. The third-order valence-electron chi connectivity index (χ3n) is 7.42. The van der Waals surface area contributed by atoms with Gasteiger partial charge in [-0.15, -0.1) is 0 Å². The summed E-state index contributed by atoms with van der Waals surface area (Å²) in [6.45, 7) is 5.56. The number of sulfone groups is 1. The van der Waals surface area contributed by atoms with Crippen molar-refractivity contribution in [2.45, 2.75) is 57.6 Å². The van der Waals surface area contributed by atoms with Gasteiger partial charge in [0.05, 0.1) is 28.5 Å². The van der Waals surface area contributed by atoms with Gasteiger partial charge in [0, 0.05) is 31.1 Å². The van der Waals surface area contributed by atoms with Crippen LogP contribution in [0.2, 0.25) is 0 Å². The highest BCUT2D eigenvalue weighted by atomic mass is 32.2. The molecule has 2 aromatic heterocycles. The summed E-state index contributed by atoms with van der Waals surface area (Å²) in [7, 11) is -1.08. The standard InChI is InChI=1S/C27H32F3N5O3S/c1-15(19-6-5-7-22(23(19)28)27(3,29)30)31-24-21-12-20(17-8-10-39(36,37)11-9-17)26(38-18-13-35(4)14-18)34-25(21)33-16(2)32-24/h5-7,12,15,17-18H,8-11,13-14H2,1-4H3,(H,31,32,33,34)/t15-/m1/s1. The van der Waals surface area contributed by atoms with Gasteiger partial charge in [-0.2, -0.15) is 4.98 Å². The molecule has 0 radical (unpaired) electrons. The maximum absolute atomic E-state index is 15.1. The number of anilines is 1. The molecule has 2 aliphatic heterocycles. The molecule has 1 N–H and O–H groups in total.